The van der Waals surface area contributed by atoms with Gasteiger partial charge in [0.05, 0.1) is 6.61 Å². The quantitative estimate of drug-likeness (QED) is 0.213. The molecule has 10 heteroatoms. The van der Waals surface area contributed by atoms with Gasteiger partial charge in [0.1, 0.15) is 24.4 Å². The molecule has 0 bridgehead atoms. The summed E-state index contributed by atoms with van der Waals surface area (Å²) >= 11 is 0. The summed E-state index contributed by atoms with van der Waals surface area (Å²) in [5.74, 6) is -3.59. The van der Waals surface area contributed by atoms with Crippen LogP contribution in [0.3, 0.4) is 0 Å². The summed E-state index contributed by atoms with van der Waals surface area (Å²) in [5, 5.41) is 71.6. The fourth-order valence-corrected chi connectivity index (χ4v) is 1.16. The zero-order valence-electron chi connectivity index (χ0n) is 9.57. The Balaban J connectivity index is 4.77. The fourth-order valence-electron chi connectivity index (χ4n) is 1.16. The first-order valence-corrected chi connectivity index (χ1v) is 5.10. The Morgan fingerprint density at radius 1 is 0.789 bits per heavy atom. The lowest BCUT2D eigenvalue weighted by atomic mass is 9.96. The third kappa shape index (κ3) is 4.47. The molecule has 0 fully saturated rings. The number of aliphatic carboxylic acids is 1. The molecule has 0 amide bonds. The van der Waals surface area contributed by atoms with Gasteiger partial charge in [-0.3, -0.25) is 4.79 Å². The highest BCUT2D eigenvalue weighted by Crippen LogP contribution is 2.09. The molecule has 0 saturated heterocycles. The van der Waals surface area contributed by atoms with Gasteiger partial charge in [-0.15, -0.1) is 0 Å². The number of aliphatic hydroxyl groups is 7. The number of aliphatic hydroxyl groups excluding tert-OH is 7. The van der Waals surface area contributed by atoms with E-state index in [4.69, 9.17) is 25.5 Å². The Kier molecular flexibility index (Phi) is 7.00. The molecule has 0 aliphatic carbocycles. The number of hydrogen-bond acceptors (Lipinski definition) is 9. The molecular formula is C9H16O10. The third-order valence-corrected chi connectivity index (χ3v) is 2.39. The number of ketones is 1. The van der Waals surface area contributed by atoms with Crippen LogP contribution in [0.4, 0.5) is 0 Å². The van der Waals surface area contributed by atoms with Gasteiger partial charge in [-0.1, -0.05) is 0 Å². The van der Waals surface area contributed by atoms with Crippen molar-refractivity contribution in [2.45, 2.75) is 36.6 Å². The number of carbonyl (C=O) groups is 2. The average molecular weight is 284 g/mol. The van der Waals surface area contributed by atoms with Crippen LogP contribution in [0.25, 0.3) is 0 Å². The Bertz CT molecular complexity index is 318. The number of hydrogen-bond donors (Lipinski definition) is 8. The molecule has 6 unspecified atom stereocenters. The second-order valence-corrected chi connectivity index (χ2v) is 3.81. The summed E-state index contributed by atoms with van der Waals surface area (Å²) in [5.41, 5.74) is 0. The van der Waals surface area contributed by atoms with E-state index in [2.05, 4.69) is 0 Å². The van der Waals surface area contributed by atoms with Gasteiger partial charge in [0.2, 0.25) is 0 Å². The van der Waals surface area contributed by atoms with Crippen molar-refractivity contribution in [3.05, 3.63) is 0 Å². The summed E-state index contributed by atoms with van der Waals surface area (Å²) in [6.45, 7) is -0.973. The largest absolute Gasteiger partial charge is 0.479 e. The Morgan fingerprint density at radius 3 is 1.63 bits per heavy atom. The number of carbonyl (C=O) groups excluding carboxylic acids is 1. The van der Waals surface area contributed by atoms with Crippen LogP contribution in [0.1, 0.15) is 0 Å². The maximum atomic E-state index is 11.3. The van der Waals surface area contributed by atoms with Gasteiger partial charge in [-0.2, -0.15) is 0 Å². The van der Waals surface area contributed by atoms with Crippen molar-refractivity contribution < 1.29 is 50.4 Å². The standard InChI is InChI=1S/C9H16O10/c10-1-2(11)3(12)4(13)5(14)6(15)7(16)8(17)9(18)19/h2-5,7-8,10-14,16-17H,1H2,(H,18,19). The minimum Gasteiger partial charge on any atom is -0.479 e. The molecule has 8 N–H and O–H groups in total. The predicted octanol–water partition coefficient (Wildman–Crippen LogP) is -5.20. The van der Waals surface area contributed by atoms with Crippen LogP contribution in [0.15, 0.2) is 0 Å². The molecule has 10 nitrogen and oxygen atoms in total. The van der Waals surface area contributed by atoms with Crippen LogP contribution in [-0.2, 0) is 9.59 Å². The van der Waals surface area contributed by atoms with Crippen molar-refractivity contribution in [2.24, 2.45) is 0 Å². The Labute approximate surface area is 106 Å². The van der Waals surface area contributed by atoms with E-state index in [-0.39, 0.29) is 0 Å². The molecule has 0 saturated carbocycles. The molecular weight excluding hydrogens is 268 g/mol. The molecule has 0 rings (SSSR count). The van der Waals surface area contributed by atoms with E-state index >= 15 is 0 Å². The second kappa shape index (κ2) is 7.45. The van der Waals surface area contributed by atoms with Gasteiger partial charge in [0.25, 0.3) is 0 Å². The zero-order valence-corrected chi connectivity index (χ0v) is 9.57. The van der Waals surface area contributed by atoms with Crippen LogP contribution in [0, 0.1) is 0 Å². The SMILES string of the molecule is O=C(O)C(O)C(O)C(=O)C(O)C(O)C(O)C(O)CO. The highest BCUT2D eigenvalue weighted by molar-refractivity contribution is 5.92. The molecule has 0 spiro atoms. The van der Waals surface area contributed by atoms with Gasteiger partial charge >= 0.3 is 5.97 Å². The molecule has 112 valence electrons. The summed E-state index contributed by atoms with van der Waals surface area (Å²) in [6, 6.07) is 0. The highest BCUT2D eigenvalue weighted by Gasteiger charge is 2.40. The molecule has 0 aliphatic heterocycles. The molecule has 0 aromatic heterocycles. The van der Waals surface area contributed by atoms with Crippen molar-refractivity contribution in [1.82, 2.24) is 0 Å². The van der Waals surface area contributed by atoms with Crippen LogP contribution >= 0.6 is 0 Å². The second-order valence-electron chi connectivity index (χ2n) is 3.81. The van der Waals surface area contributed by atoms with Gasteiger partial charge in [0, 0.05) is 0 Å². The maximum Gasteiger partial charge on any atom is 0.335 e. The first kappa shape index (κ1) is 17.9. The van der Waals surface area contributed by atoms with E-state index in [0.29, 0.717) is 0 Å². The summed E-state index contributed by atoms with van der Waals surface area (Å²) in [4.78, 5) is 21.6. The molecule has 0 aromatic rings. The highest BCUT2D eigenvalue weighted by atomic mass is 16.4. The van der Waals surface area contributed by atoms with Crippen molar-refractivity contribution in [1.29, 1.82) is 0 Å². The molecule has 19 heavy (non-hydrogen) atoms. The topological polar surface area (TPSA) is 196 Å². The van der Waals surface area contributed by atoms with Crippen molar-refractivity contribution in [2.75, 3.05) is 6.61 Å². The van der Waals surface area contributed by atoms with Crippen LogP contribution in [-0.4, -0.2) is 95.8 Å². The van der Waals surface area contributed by atoms with E-state index in [0.717, 1.165) is 0 Å². The molecule has 0 heterocycles. The van der Waals surface area contributed by atoms with E-state index in [1.165, 1.54) is 0 Å². The number of Topliss-reactive ketones (excluding diaryl/α,β-unsaturated/α-hetero) is 1. The monoisotopic (exact) mass is 284 g/mol. The lowest BCUT2D eigenvalue weighted by molar-refractivity contribution is -0.167. The van der Waals surface area contributed by atoms with E-state index in [1.54, 1.807) is 0 Å². The van der Waals surface area contributed by atoms with Gasteiger partial charge in [-0.25, -0.2) is 4.79 Å². The number of carboxylic acids is 1. The lowest BCUT2D eigenvalue weighted by Crippen LogP contribution is -2.53. The van der Waals surface area contributed by atoms with Crippen LogP contribution < -0.4 is 0 Å². The minimum absolute atomic E-state index is 0.973. The fraction of sp³-hybridized carbons (Fsp3) is 0.778. The van der Waals surface area contributed by atoms with E-state index < -0.39 is 55.0 Å². The Hall–Kier alpha value is -1.14. The smallest absolute Gasteiger partial charge is 0.335 e. The van der Waals surface area contributed by atoms with E-state index in [9.17, 15) is 24.9 Å². The summed E-state index contributed by atoms with van der Waals surface area (Å²) in [6.07, 6.45) is -13.8. The van der Waals surface area contributed by atoms with Gasteiger partial charge < -0.3 is 40.9 Å². The minimum atomic E-state index is -2.53. The third-order valence-electron chi connectivity index (χ3n) is 2.39. The molecule has 0 aromatic carbocycles. The summed E-state index contributed by atoms with van der Waals surface area (Å²) in [7, 11) is 0. The summed E-state index contributed by atoms with van der Waals surface area (Å²) < 4.78 is 0. The van der Waals surface area contributed by atoms with Crippen molar-refractivity contribution in [3.8, 4) is 0 Å². The van der Waals surface area contributed by atoms with Gasteiger partial charge in [0.15, 0.2) is 18.0 Å². The molecule has 0 radical (unpaired) electrons. The molecule has 6 atom stereocenters. The van der Waals surface area contributed by atoms with E-state index in [1.807, 2.05) is 0 Å². The normalized spacial score (nSPS) is 21.0. The van der Waals surface area contributed by atoms with Crippen LogP contribution in [0.5, 0.6) is 0 Å². The number of rotatable bonds is 8. The Morgan fingerprint density at radius 2 is 1.26 bits per heavy atom. The zero-order chi connectivity index (χ0) is 15.3. The van der Waals surface area contributed by atoms with Crippen LogP contribution in [0.2, 0.25) is 0 Å². The first-order valence-electron chi connectivity index (χ1n) is 5.10. The van der Waals surface area contributed by atoms with Crippen molar-refractivity contribution >= 4 is 11.8 Å². The van der Waals surface area contributed by atoms with Gasteiger partial charge in [-0.05, 0) is 0 Å². The average Bonchev–Trinajstić information content (AvgIpc) is 2.40. The predicted molar refractivity (Wildman–Crippen MR) is 55.8 cm³/mol. The maximum absolute atomic E-state index is 11.3. The number of carboxylic acid groups (broad SMARTS) is 1. The lowest BCUT2D eigenvalue weighted by Gasteiger charge is -2.26. The first-order chi connectivity index (χ1) is 8.64. The van der Waals surface area contributed by atoms with Crippen molar-refractivity contribution in [3.63, 3.8) is 0 Å². The molecule has 0 aliphatic rings.